The molecule has 6 rings (SSSR count). The van der Waals surface area contributed by atoms with Crippen molar-refractivity contribution in [3.8, 4) is 39.5 Å². The first-order valence-electron chi connectivity index (χ1n) is 11.8. The van der Waals surface area contributed by atoms with Crippen molar-refractivity contribution < 1.29 is 0 Å². The highest BCUT2D eigenvalue weighted by Crippen LogP contribution is 2.32. The summed E-state index contributed by atoms with van der Waals surface area (Å²) in [6.07, 6.45) is 6.55. The fourth-order valence-electron chi connectivity index (χ4n) is 4.89. The van der Waals surface area contributed by atoms with Crippen LogP contribution in [0.5, 0.6) is 0 Å². The van der Waals surface area contributed by atoms with Crippen LogP contribution < -0.4 is 5.73 Å². The van der Waals surface area contributed by atoms with E-state index in [0.29, 0.717) is 0 Å². The van der Waals surface area contributed by atoms with Crippen molar-refractivity contribution in [2.24, 2.45) is 0 Å². The Kier molecular flexibility index (Phi) is 5.19. The smallest absolute Gasteiger partial charge is 0.138 e. The number of benzene rings is 2. The molecule has 0 unspecified atom stereocenters. The van der Waals surface area contributed by atoms with Gasteiger partial charge < -0.3 is 5.73 Å². The van der Waals surface area contributed by atoms with Crippen molar-refractivity contribution in [1.29, 1.82) is 0 Å². The molecule has 0 amide bonds. The molecule has 3 aromatic heterocycles. The predicted octanol–water partition coefficient (Wildman–Crippen LogP) is 6.73. The Morgan fingerprint density at radius 2 is 1.29 bits per heavy atom. The topological polar surface area (TPSA) is 56.7 Å². The van der Waals surface area contributed by atoms with Gasteiger partial charge in [-0.25, -0.2) is 9.97 Å². The lowest BCUT2D eigenvalue weighted by atomic mass is 9.98. The van der Waals surface area contributed by atoms with E-state index in [1.165, 1.54) is 24.1 Å². The lowest BCUT2D eigenvalue weighted by Crippen LogP contribution is -2.09. The van der Waals surface area contributed by atoms with Gasteiger partial charge in [-0.15, -0.1) is 0 Å². The molecule has 0 fully saturated rings. The Balaban J connectivity index is 1.43. The Morgan fingerprint density at radius 1 is 0.647 bits per heavy atom. The Bertz CT molecular complexity index is 1380. The van der Waals surface area contributed by atoms with Crippen LogP contribution in [0.3, 0.4) is 0 Å². The molecular formula is C30H26N4. The molecule has 5 aromatic rings. The van der Waals surface area contributed by atoms with Crippen LogP contribution in [0.1, 0.15) is 24.1 Å². The average molecular weight is 443 g/mol. The molecule has 3 heterocycles. The number of nitrogen functional groups attached to an aromatic ring is 1. The summed E-state index contributed by atoms with van der Waals surface area (Å²) in [4.78, 5) is 9.81. The molecule has 0 atom stereocenters. The van der Waals surface area contributed by atoms with E-state index in [4.69, 9.17) is 15.7 Å². The van der Waals surface area contributed by atoms with Crippen molar-refractivity contribution in [1.82, 2.24) is 14.5 Å². The first-order valence-corrected chi connectivity index (χ1v) is 11.8. The molecule has 2 N–H and O–H groups in total. The number of fused-ring (bicyclic) bond motifs is 1. The number of nitrogens with zero attached hydrogens (tertiary/aromatic N) is 3. The van der Waals surface area contributed by atoms with E-state index in [0.717, 1.165) is 58.1 Å². The maximum Gasteiger partial charge on any atom is 0.138 e. The molecule has 0 bridgehead atoms. The van der Waals surface area contributed by atoms with Gasteiger partial charge in [-0.2, -0.15) is 0 Å². The Morgan fingerprint density at radius 3 is 1.91 bits per heavy atom. The molecule has 1 aliphatic carbocycles. The van der Waals surface area contributed by atoms with Crippen LogP contribution in [0.4, 0.5) is 5.82 Å². The first kappa shape index (κ1) is 20.4. The third kappa shape index (κ3) is 3.77. The molecule has 4 heteroatoms. The maximum absolute atomic E-state index is 6.39. The third-order valence-electron chi connectivity index (χ3n) is 6.61. The molecule has 0 radical (unpaired) electrons. The highest BCUT2D eigenvalue weighted by Gasteiger charge is 2.18. The van der Waals surface area contributed by atoms with Gasteiger partial charge in [0, 0.05) is 28.6 Å². The average Bonchev–Trinajstić information content (AvgIpc) is 3.25. The predicted molar refractivity (Wildman–Crippen MR) is 139 cm³/mol. The quantitative estimate of drug-likeness (QED) is 0.336. The fraction of sp³-hybridized carbons (Fsp3) is 0.133. The van der Waals surface area contributed by atoms with E-state index >= 15 is 0 Å². The van der Waals surface area contributed by atoms with Crippen LogP contribution in [0.15, 0.2) is 97.2 Å². The van der Waals surface area contributed by atoms with Gasteiger partial charge in [-0.1, -0.05) is 60.7 Å². The van der Waals surface area contributed by atoms with E-state index < -0.39 is 0 Å². The molecule has 4 nitrogen and oxygen atoms in total. The van der Waals surface area contributed by atoms with Crippen LogP contribution in [-0.4, -0.2) is 14.5 Å². The minimum Gasteiger partial charge on any atom is -0.385 e. The Labute approximate surface area is 199 Å². The molecule has 0 saturated heterocycles. The van der Waals surface area contributed by atoms with E-state index in [2.05, 4.69) is 59.2 Å². The van der Waals surface area contributed by atoms with Crippen LogP contribution >= 0.6 is 0 Å². The highest BCUT2D eigenvalue weighted by atomic mass is 15.1. The van der Waals surface area contributed by atoms with Gasteiger partial charge in [-0.3, -0.25) is 4.57 Å². The van der Waals surface area contributed by atoms with Crippen molar-refractivity contribution in [3.63, 3.8) is 0 Å². The normalized spacial score (nSPS) is 12.9. The molecular weight excluding hydrogens is 416 g/mol. The number of nitrogens with two attached hydrogens (primary N) is 1. The van der Waals surface area contributed by atoms with Gasteiger partial charge in [0.05, 0.1) is 11.4 Å². The van der Waals surface area contributed by atoms with E-state index in [9.17, 15) is 0 Å². The first-order chi connectivity index (χ1) is 16.8. The summed E-state index contributed by atoms with van der Waals surface area (Å²) in [5, 5.41) is 0. The number of rotatable bonds is 4. The summed E-state index contributed by atoms with van der Waals surface area (Å²) in [6, 6.07) is 31.2. The van der Waals surface area contributed by atoms with Gasteiger partial charge >= 0.3 is 0 Å². The molecule has 2 aromatic carbocycles. The lowest BCUT2D eigenvalue weighted by molar-refractivity contribution is 0.662. The van der Waals surface area contributed by atoms with Crippen molar-refractivity contribution >= 4 is 5.82 Å². The maximum atomic E-state index is 6.39. The number of pyridine rings is 2. The van der Waals surface area contributed by atoms with Gasteiger partial charge in [-0.05, 0) is 67.1 Å². The lowest BCUT2D eigenvalue weighted by Gasteiger charge is -2.16. The summed E-state index contributed by atoms with van der Waals surface area (Å²) in [6.45, 7) is 0. The Hall–Kier alpha value is -4.18. The molecule has 0 aliphatic heterocycles. The molecule has 34 heavy (non-hydrogen) atoms. The zero-order chi connectivity index (χ0) is 22.9. The second-order valence-corrected chi connectivity index (χ2v) is 8.85. The molecule has 0 spiro atoms. The van der Waals surface area contributed by atoms with E-state index in [1.807, 2.05) is 42.6 Å². The zero-order valence-corrected chi connectivity index (χ0v) is 19.0. The van der Waals surface area contributed by atoms with Crippen LogP contribution in [0, 0.1) is 0 Å². The largest absolute Gasteiger partial charge is 0.385 e. The summed E-state index contributed by atoms with van der Waals surface area (Å²) in [7, 11) is 0. The number of aromatic nitrogens is 3. The third-order valence-corrected chi connectivity index (χ3v) is 6.61. The number of hydrogen-bond donors (Lipinski definition) is 1. The standard InChI is InChI=1S/C30H26N4/c31-29-19-23-13-7-8-14-28(23)34(29)30-16-15-24(20-32-30)25-17-26(21-9-3-1-4-10-21)33-27(18-25)22-11-5-2-6-12-22/h1-6,9-12,15-20H,7-8,13-14,31H2. The second-order valence-electron chi connectivity index (χ2n) is 8.85. The SMILES string of the molecule is Nc1cc2c(n1-c1ccc(-c3cc(-c4ccccc4)nc(-c4ccccc4)c3)cn1)CCCC2. The highest BCUT2D eigenvalue weighted by molar-refractivity contribution is 5.76. The van der Waals surface area contributed by atoms with Crippen LogP contribution in [-0.2, 0) is 12.8 Å². The minimum absolute atomic E-state index is 0.772. The summed E-state index contributed by atoms with van der Waals surface area (Å²) in [5.41, 5.74) is 15.3. The fourth-order valence-corrected chi connectivity index (χ4v) is 4.89. The molecule has 166 valence electrons. The summed E-state index contributed by atoms with van der Waals surface area (Å²) >= 11 is 0. The van der Waals surface area contributed by atoms with Gasteiger partial charge in [0.15, 0.2) is 0 Å². The zero-order valence-electron chi connectivity index (χ0n) is 19.0. The molecule has 0 saturated carbocycles. The number of hydrogen-bond acceptors (Lipinski definition) is 3. The van der Waals surface area contributed by atoms with Gasteiger partial charge in [0.25, 0.3) is 0 Å². The van der Waals surface area contributed by atoms with Crippen molar-refractivity contribution in [2.75, 3.05) is 5.73 Å². The minimum atomic E-state index is 0.772. The van der Waals surface area contributed by atoms with Gasteiger partial charge in [0.2, 0.25) is 0 Å². The number of anilines is 1. The summed E-state index contributed by atoms with van der Waals surface area (Å²) in [5.74, 6) is 1.65. The van der Waals surface area contributed by atoms with Crippen LogP contribution in [0.25, 0.3) is 39.5 Å². The summed E-state index contributed by atoms with van der Waals surface area (Å²) < 4.78 is 2.12. The van der Waals surface area contributed by atoms with E-state index in [-0.39, 0.29) is 0 Å². The van der Waals surface area contributed by atoms with Gasteiger partial charge in [0.1, 0.15) is 11.6 Å². The molecule has 1 aliphatic rings. The van der Waals surface area contributed by atoms with Crippen molar-refractivity contribution in [2.45, 2.75) is 25.7 Å². The second kappa shape index (κ2) is 8.64. The van der Waals surface area contributed by atoms with Crippen molar-refractivity contribution in [3.05, 3.63) is 108 Å². The monoisotopic (exact) mass is 442 g/mol. The van der Waals surface area contributed by atoms with E-state index in [1.54, 1.807) is 0 Å². The van der Waals surface area contributed by atoms with Crippen LogP contribution in [0.2, 0.25) is 0 Å². The number of aryl methyl sites for hydroxylation is 1.